The number of anilines is 2. The average Bonchev–Trinajstić information content (AvgIpc) is 3.68. The van der Waals surface area contributed by atoms with E-state index < -0.39 is 18.1 Å². The third kappa shape index (κ3) is 5.96. The summed E-state index contributed by atoms with van der Waals surface area (Å²) in [6.07, 6.45) is 0.480. The van der Waals surface area contributed by atoms with Crippen molar-refractivity contribution in [3.05, 3.63) is 49.3 Å². The largest absolute Gasteiger partial charge is 0.408 e. The van der Waals surface area contributed by atoms with Gasteiger partial charge in [0.2, 0.25) is 5.91 Å². The van der Waals surface area contributed by atoms with Crippen LogP contribution in [0.1, 0.15) is 19.3 Å². The van der Waals surface area contributed by atoms with E-state index in [-0.39, 0.29) is 11.9 Å². The summed E-state index contributed by atoms with van der Waals surface area (Å²) in [6, 6.07) is 7.59. The minimum atomic E-state index is -4.38. The summed E-state index contributed by atoms with van der Waals surface area (Å²) in [5.74, 6) is 0.206. The Kier molecular flexibility index (Phi) is 8.09. The normalized spacial score (nSPS) is 21.5. The number of nitrogens with zero attached hydrogens (tertiary/aromatic N) is 5. The summed E-state index contributed by atoms with van der Waals surface area (Å²) >= 11 is 0. The number of ether oxygens (including phenoxy) is 1. The molecule has 3 aliphatic rings. The molecule has 0 radical (unpaired) electrons. The predicted molar refractivity (Wildman–Crippen MR) is 155 cm³/mol. The standard InChI is InChI=1S/C30H36F3N7O2/c1-2-26(41)38-11-8-23(9-12-38)40-10-7-21(18-40)27(30(31,32)33)36-22-5-3-20(4-6-22)25-17-24-28(37-25)34-19-35-29(24)39-13-15-42-16-14-39/h2-6,17,19,21,23,27,36H,1,7-16,18H2,(H,34,35,37)/t21-,27+/m0/s1. The third-order valence-corrected chi connectivity index (χ3v) is 8.78. The lowest BCUT2D eigenvalue weighted by Gasteiger charge is -2.37. The Morgan fingerprint density at radius 2 is 1.81 bits per heavy atom. The summed E-state index contributed by atoms with van der Waals surface area (Å²) in [5.41, 5.74) is 2.82. The van der Waals surface area contributed by atoms with Crippen LogP contribution in [0.15, 0.2) is 49.3 Å². The van der Waals surface area contributed by atoms with Crippen molar-refractivity contribution in [2.75, 3.05) is 62.7 Å². The van der Waals surface area contributed by atoms with Crippen molar-refractivity contribution in [1.29, 1.82) is 0 Å². The number of nitrogens with one attached hydrogen (secondary N) is 2. The zero-order chi connectivity index (χ0) is 29.3. The van der Waals surface area contributed by atoms with E-state index in [4.69, 9.17) is 4.74 Å². The van der Waals surface area contributed by atoms with Crippen molar-refractivity contribution >= 4 is 28.4 Å². The van der Waals surface area contributed by atoms with E-state index >= 15 is 0 Å². The van der Waals surface area contributed by atoms with E-state index in [0.29, 0.717) is 57.1 Å². The van der Waals surface area contributed by atoms with Gasteiger partial charge in [-0.2, -0.15) is 13.2 Å². The third-order valence-electron chi connectivity index (χ3n) is 8.78. The van der Waals surface area contributed by atoms with Crippen LogP contribution in [0.5, 0.6) is 0 Å². The number of amides is 1. The van der Waals surface area contributed by atoms with Gasteiger partial charge in [0.1, 0.15) is 23.8 Å². The smallest absolute Gasteiger partial charge is 0.378 e. The highest BCUT2D eigenvalue weighted by molar-refractivity contribution is 5.92. The summed E-state index contributed by atoms with van der Waals surface area (Å²) < 4.78 is 48.3. The highest BCUT2D eigenvalue weighted by Crippen LogP contribution is 2.36. The van der Waals surface area contributed by atoms with E-state index in [2.05, 4.69) is 36.6 Å². The number of piperidine rings is 1. The van der Waals surface area contributed by atoms with Crippen molar-refractivity contribution in [1.82, 2.24) is 24.8 Å². The molecule has 2 N–H and O–H groups in total. The fourth-order valence-corrected chi connectivity index (χ4v) is 6.50. The molecular weight excluding hydrogens is 547 g/mol. The molecule has 0 aliphatic carbocycles. The minimum absolute atomic E-state index is 0.0870. The van der Waals surface area contributed by atoms with E-state index in [9.17, 15) is 18.0 Å². The highest BCUT2D eigenvalue weighted by Gasteiger charge is 2.47. The number of hydrogen-bond acceptors (Lipinski definition) is 7. The number of rotatable bonds is 7. The van der Waals surface area contributed by atoms with Gasteiger partial charge in [0.25, 0.3) is 0 Å². The zero-order valence-electron chi connectivity index (χ0n) is 23.4. The number of aromatic amines is 1. The quantitative estimate of drug-likeness (QED) is 0.401. The molecular formula is C30H36F3N7O2. The Balaban J connectivity index is 1.12. The van der Waals surface area contributed by atoms with Gasteiger partial charge in [-0.05, 0) is 55.6 Å². The molecule has 0 bridgehead atoms. The summed E-state index contributed by atoms with van der Waals surface area (Å²) in [6.45, 7) is 8.58. The molecule has 224 valence electrons. The molecule has 1 amide bonds. The highest BCUT2D eigenvalue weighted by atomic mass is 19.4. The molecule has 2 aromatic heterocycles. The zero-order valence-corrected chi connectivity index (χ0v) is 23.4. The first kappa shape index (κ1) is 28.5. The fourth-order valence-electron chi connectivity index (χ4n) is 6.50. The molecule has 0 spiro atoms. The fraction of sp³-hybridized carbons (Fsp3) is 0.500. The van der Waals surface area contributed by atoms with Crippen molar-refractivity contribution in [2.45, 2.75) is 37.5 Å². The molecule has 3 aliphatic heterocycles. The van der Waals surface area contributed by atoms with E-state index in [0.717, 1.165) is 48.4 Å². The van der Waals surface area contributed by atoms with E-state index in [1.165, 1.54) is 12.4 Å². The Morgan fingerprint density at radius 3 is 2.50 bits per heavy atom. The van der Waals surface area contributed by atoms with Crippen LogP contribution in [0.3, 0.4) is 0 Å². The first-order chi connectivity index (χ1) is 20.3. The van der Waals surface area contributed by atoms with Gasteiger partial charge in [-0.1, -0.05) is 18.7 Å². The van der Waals surface area contributed by atoms with Gasteiger partial charge in [0, 0.05) is 56.1 Å². The van der Waals surface area contributed by atoms with Crippen LogP contribution < -0.4 is 10.2 Å². The number of carbonyl (C=O) groups excluding carboxylic acids is 1. The average molecular weight is 584 g/mol. The van der Waals surface area contributed by atoms with Crippen LogP contribution >= 0.6 is 0 Å². The summed E-state index contributed by atoms with van der Waals surface area (Å²) in [5, 5.41) is 3.71. The number of aromatic nitrogens is 3. The lowest BCUT2D eigenvalue weighted by molar-refractivity contribution is -0.152. The van der Waals surface area contributed by atoms with Gasteiger partial charge >= 0.3 is 6.18 Å². The lowest BCUT2D eigenvalue weighted by atomic mass is 9.97. The maximum atomic E-state index is 14.3. The number of alkyl halides is 3. The monoisotopic (exact) mass is 583 g/mol. The van der Waals surface area contributed by atoms with Gasteiger partial charge in [-0.3, -0.25) is 9.69 Å². The van der Waals surface area contributed by atoms with Crippen LogP contribution in [0.2, 0.25) is 0 Å². The first-order valence-corrected chi connectivity index (χ1v) is 14.6. The van der Waals surface area contributed by atoms with E-state index in [1.807, 2.05) is 18.2 Å². The van der Waals surface area contributed by atoms with Gasteiger partial charge in [-0.25, -0.2) is 9.97 Å². The second-order valence-corrected chi connectivity index (χ2v) is 11.3. The van der Waals surface area contributed by atoms with Gasteiger partial charge < -0.3 is 24.8 Å². The number of halogens is 3. The number of carbonyl (C=O) groups is 1. The first-order valence-electron chi connectivity index (χ1n) is 14.6. The van der Waals surface area contributed by atoms with E-state index in [1.54, 1.807) is 17.0 Å². The van der Waals surface area contributed by atoms with Crippen molar-refractivity contribution in [2.24, 2.45) is 5.92 Å². The van der Waals surface area contributed by atoms with Gasteiger partial charge in [0.15, 0.2) is 0 Å². The molecule has 3 aromatic rings. The van der Waals surface area contributed by atoms with Crippen LogP contribution in [0.4, 0.5) is 24.7 Å². The molecule has 0 saturated carbocycles. The van der Waals surface area contributed by atoms with Crippen molar-refractivity contribution < 1.29 is 22.7 Å². The summed E-state index contributed by atoms with van der Waals surface area (Å²) in [7, 11) is 0. The number of likely N-dealkylation sites (tertiary alicyclic amines) is 2. The number of hydrogen-bond donors (Lipinski definition) is 2. The second kappa shape index (κ2) is 11.9. The van der Waals surface area contributed by atoms with Crippen LogP contribution in [-0.2, 0) is 9.53 Å². The van der Waals surface area contributed by atoms with Crippen molar-refractivity contribution in [3.8, 4) is 11.3 Å². The molecule has 42 heavy (non-hydrogen) atoms. The Morgan fingerprint density at radius 1 is 1.07 bits per heavy atom. The molecule has 9 nitrogen and oxygen atoms in total. The number of morpholine rings is 1. The summed E-state index contributed by atoms with van der Waals surface area (Å²) in [4.78, 5) is 30.2. The Labute approximate surface area is 242 Å². The molecule has 3 saturated heterocycles. The van der Waals surface area contributed by atoms with Gasteiger partial charge in [-0.15, -0.1) is 0 Å². The molecule has 12 heteroatoms. The molecule has 2 atom stereocenters. The number of H-pyrrole nitrogens is 1. The molecule has 5 heterocycles. The Hall–Kier alpha value is -3.64. The number of benzene rings is 1. The SMILES string of the molecule is C=CC(=O)N1CCC(N2CC[C@H]([C@@H](Nc3ccc(-c4cc5c(N6CCOCC6)ncnc5[nH]4)cc3)C(F)(F)F)C2)CC1. The van der Waals surface area contributed by atoms with Crippen LogP contribution in [-0.4, -0.2) is 101 Å². The van der Waals surface area contributed by atoms with Crippen molar-refractivity contribution in [3.63, 3.8) is 0 Å². The Bertz CT molecular complexity index is 1400. The van der Waals surface area contributed by atoms with Crippen LogP contribution in [0.25, 0.3) is 22.3 Å². The molecule has 0 unspecified atom stereocenters. The second-order valence-electron chi connectivity index (χ2n) is 11.3. The van der Waals surface area contributed by atoms with Gasteiger partial charge in [0.05, 0.1) is 18.6 Å². The predicted octanol–water partition coefficient (Wildman–Crippen LogP) is 4.30. The van der Waals surface area contributed by atoms with Crippen LogP contribution in [0, 0.1) is 5.92 Å². The molecule has 6 rings (SSSR count). The topological polar surface area (TPSA) is 89.6 Å². The number of fused-ring (bicyclic) bond motifs is 1. The molecule has 1 aromatic carbocycles. The minimum Gasteiger partial charge on any atom is -0.378 e. The lowest BCUT2D eigenvalue weighted by Crippen LogP contribution is -2.47. The maximum Gasteiger partial charge on any atom is 0.408 e. The maximum absolute atomic E-state index is 14.3. The molecule has 3 fully saturated rings.